The molecule has 0 radical (unpaired) electrons. The van der Waals surface area contributed by atoms with Gasteiger partial charge in [0.1, 0.15) is 5.69 Å². The first kappa shape index (κ1) is 20.9. The van der Waals surface area contributed by atoms with E-state index in [1.54, 1.807) is 18.6 Å². The summed E-state index contributed by atoms with van der Waals surface area (Å²) in [5, 5.41) is 11.8. The zero-order chi connectivity index (χ0) is 23.6. The standard InChI is InChI=1S/C26H23N9/c1-2-3-6-30-19-9-17(11-28-13-19)18-10-20-24(34-35-25(20)31-12-18)26-32-22-15-29-14-21(23(22)33-26)16-4-7-27-8-5-16/h4-5,7-15,30H,2-3,6H2,1H3,(H,32,33)(H,31,34,35). The third-order valence-electron chi connectivity index (χ3n) is 5.96. The highest BCUT2D eigenvalue weighted by atomic mass is 15.2. The average molecular weight is 462 g/mol. The van der Waals surface area contributed by atoms with Crippen LogP contribution in [0.5, 0.6) is 0 Å². The Morgan fingerprint density at radius 3 is 2.63 bits per heavy atom. The average Bonchev–Trinajstić information content (AvgIpc) is 3.53. The number of aromatic nitrogens is 8. The van der Waals surface area contributed by atoms with E-state index in [1.807, 2.05) is 36.9 Å². The maximum absolute atomic E-state index is 4.90. The molecule has 0 aliphatic heterocycles. The smallest absolute Gasteiger partial charge is 0.181 e. The second kappa shape index (κ2) is 8.94. The number of imidazole rings is 1. The highest BCUT2D eigenvalue weighted by molar-refractivity contribution is 5.96. The summed E-state index contributed by atoms with van der Waals surface area (Å²) in [5.41, 5.74) is 7.97. The van der Waals surface area contributed by atoms with Crippen molar-refractivity contribution in [3.05, 3.63) is 67.6 Å². The highest BCUT2D eigenvalue weighted by Gasteiger charge is 2.16. The van der Waals surface area contributed by atoms with E-state index in [1.165, 1.54) is 0 Å². The minimum atomic E-state index is 0.627. The van der Waals surface area contributed by atoms with E-state index < -0.39 is 0 Å². The van der Waals surface area contributed by atoms with Gasteiger partial charge in [0.05, 0.1) is 28.3 Å². The van der Waals surface area contributed by atoms with E-state index in [-0.39, 0.29) is 0 Å². The van der Waals surface area contributed by atoms with Gasteiger partial charge in [-0.05, 0) is 36.2 Å². The Labute approximate surface area is 201 Å². The first-order valence-electron chi connectivity index (χ1n) is 11.6. The van der Waals surface area contributed by atoms with Gasteiger partial charge in [-0.3, -0.25) is 20.1 Å². The molecule has 3 N–H and O–H groups in total. The first-order valence-corrected chi connectivity index (χ1v) is 11.6. The van der Waals surface area contributed by atoms with Crippen LogP contribution in [0.1, 0.15) is 19.8 Å². The fourth-order valence-corrected chi connectivity index (χ4v) is 4.14. The molecule has 0 fully saturated rings. The Morgan fingerprint density at radius 2 is 1.74 bits per heavy atom. The van der Waals surface area contributed by atoms with Crippen molar-refractivity contribution in [3.8, 4) is 33.8 Å². The molecule has 0 amide bonds. The lowest BCUT2D eigenvalue weighted by Gasteiger charge is -2.07. The number of unbranched alkanes of at least 4 members (excludes halogenated alkanes) is 1. The summed E-state index contributed by atoms with van der Waals surface area (Å²) in [4.78, 5) is 25.8. The Morgan fingerprint density at radius 1 is 0.886 bits per heavy atom. The zero-order valence-corrected chi connectivity index (χ0v) is 19.2. The molecule has 6 aromatic rings. The molecule has 0 spiro atoms. The molecule has 6 heterocycles. The molecule has 0 atom stereocenters. The Balaban J connectivity index is 1.40. The van der Waals surface area contributed by atoms with Crippen molar-refractivity contribution in [3.63, 3.8) is 0 Å². The van der Waals surface area contributed by atoms with E-state index in [0.29, 0.717) is 11.5 Å². The number of nitrogens with one attached hydrogen (secondary N) is 3. The van der Waals surface area contributed by atoms with E-state index in [0.717, 1.165) is 69.4 Å². The van der Waals surface area contributed by atoms with Gasteiger partial charge in [0.15, 0.2) is 11.5 Å². The molecule has 0 unspecified atom stereocenters. The van der Waals surface area contributed by atoms with E-state index >= 15 is 0 Å². The van der Waals surface area contributed by atoms with Crippen LogP contribution in [0.25, 0.3) is 55.8 Å². The number of aromatic amines is 2. The van der Waals surface area contributed by atoms with E-state index in [9.17, 15) is 0 Å². The minimum Gasteiger partial charge on any atom is -0.384 e. The molecule has 0 saturated heterocycles. The van der Waals surface area contributed by atoms with Crippen LogP contribution in [0.3, 0.4) is 0 Å². The van der Waals surface area contributed by atoms with Crippen LogP contribution in [0.2, 0.25) is 0 Å². The fourth-order valence-electron chi connectivity index (χ4n) is 4.14. The SMILES string of the molecule is CCCCNc1cncc(-c2cnc3n[nH]c(-c4nc5c(-c6ccncc6)cncc5[nH]4)c3c2)c1. The third kappa shape index (κ3) is 3.97. The maximum atomic E-state index is 4.90. The van der Waals surface area contributed by atoms with Gasteiger partial charge in [0, 0.05) is 60.4 Å². The summed E-state index contributed by atoms with van der Waals surface area (Å²) < 4.78 is 0. The van der Waals surface area contributed by atoms with Crippen LogP contribution >= 0.6 is 0 Å². The van der Waals surface area contributed by atoms with Gasteiger partial charge < -0.3 is 10.3 Å². The van der Waals surface area contributed by atoms with Gasteiger partial charge in [-0.25, -0.2) is 9.97 Å². The number of hydrogen-bond acceptors (Lipinski definition) is 7. The molecule has 9 heteroatoms. The molecule has 0 aliphatic rings. The van der Waals surface area contributed by atoms with Crippen molar-refractivity contribution >= 4 is 27.8 Å². The van der Waals surface area contributed by atoms with Crippen molar-refractivity contribution in [1.82, 2.24) is 40.1 Å². The number of fused-ring (bicyclic) bond motifs is 2. The molecule has 9 nitrogen and oxygen atoms in total. The van der Waals surface area contributed by atoms with Gasteiger partial charge >= 0.3 is 0 Å². The second-order valence-corrected chi connectivity index (χ2v) is 8.34. The highest BCUT2D eigenvalue weighted by Crippen LogP contribution is 2.32. The second-order valence-electron chi connectivity index (χ2n) is 8.34. The Kier molecular flexibility index (Phi) is 5.34. The lowest BCUT2D eigenvalue weighted by atomic mass is 10.1. The molecular weight excluding hydrogens is 438 g/mol. The summed E-state index contributed by atoms with van der Waals surface area (Å²) in [5.74, 6) is 0.679. The summed E-state index contributed by atoms with van der Waals surface area (Å²) in [7, 11) is 0. The first-order chi connectivity index (χ1) is 17.3. The molecule has 0 aromatic carbocycles. The van der Waals surface area contributed by atoms with Crippen LogP contribution < -0.4 is 5.32 Å². The number of hydrogen-bond donors (Lipinski definition) is 3. The van der Waals surface area contributed by atoms with Crippen molar-refractivity contribution < 1.29 is 0 Å². The van der Waals surface area contributed by atoms with Crippen LogP contribution in [0.4, 0.5) is 5.69 Å². The Bertz CT molecular complexity index is 1620. The van der Waals surface area contributed by atoms with Gasteiger partial charge in [-0.2, -0.15) is 5.10 Å². The molecule has 0 bridgehead atoms. The van der Waals surface area contributed by atoms with Gasteiger partial charge in [0.2, 0.25) is 0 Å². The third-order valence-corrected chi connectivity index (χ3v) is 5.96. The van der Waals surface area contributed by atoms with E-state index in [2.05, 4.69) is 59.5 Å². The molecule has 172 valence electrons. The molecule has 0 aliphatic carbocycles. The summed E-state index contributed by atoms with van der Waals surface area (Å²) in [6, 6.07) is 8.07. The largest absolute Gasteiger partial charge is 0.384 e. The number of pyridine rings is 4. The monoisotopic (exact) mass is 461 g/mol. The molecular formula is C26H23N9. The summed E-state index contributed by atoms with van der Waals surface area (Å²) in [6.07, 6.45) is 14.9. The summed E-state index contributed by atoms with van der Waals surface area (Å²) in [6.45, 7) is 3.10. The van der Waals surface area contributed by atoms with Crippen LogP contribution in [0.15, 0.2) is 67.6 Å². The zero-order valence-electron chi connectivity index (χ0n) is 19.2. The fraction of sp³-hybridized carbons (Fsp3) is 0.154. The van der Waals surface area contributed by atoms with Gasteiger partial charge in [-0.15, -0.1) is 0 Å². The van der Waals surface area contributed by atoms with Crippen molar-refractivity contribution in [2.45, 2.75) is 19.8 Å². The molecule has 35 heavy (non-hydrogen) atoms. The normalized spacial score (nSPS) is 11.3. The maximum Gasteiger partial charge on any atom is 0.181 e. The topological polar surface area (TPSA) is 121 Å². The quantitative estimate of drug-likeness (QED) is 0.278. The van der Waals surface area contributed by atoms with Crippen molar-refractivity contribution in [2.75, 3.05) is 11.9 Å². The predicted molar refractivity (Wildman–Crippen MR) is 137 cm³/mol. The molecule has 6 aromatic heterocycles. The van der Waals surface area contributed by atoms with Crippen molar-refractivity contribution in [2.24, 2.45) is 0 Å². The molecule has 0 saturated carbocycles. The number of anilines is 1. The number of nitrogens with zero attached hydrogens (tertiary/aromatic N) is 6. The predicted octanol–water partition coefficient (Wildman–Crippen LogP) is 5.23. The number of rotatable bonds is 7. The number of H-pyrrole nitrogens is 2. The van der Waals surface area contributed by atoms with Crippen molar-refractivity contribution in [1.29, 1.82) is 0 Å². The van der Waals surface area contributed by atoms with Gasteiger partial charge in [0.25, 0.3) is 0 Å². The van der Waals surface area contributed by atoms with Gasteiger partial charge in [-0.1, -0.05) is 13.3 Å². The molecule has 6 rings (SSSR count). The van der Waals surface area contributed by atoms with Crippen LogP contribution in [0, 0.1) is 0 Å². The Hall–Kier alpha value is -4.66. The lowest BCUT2D eigenvalue weighted by Crippen LogP contribution is -2.01. The summed E-state index contributed by atoms with van der Waals surface area (Å²) >= 11 is 0. The van der Waals surface area contributed by atoms with Crippen LogP contribution in [-0.2, 0) is 0 Å². The lowest BCUT2D eigenvalue weighted by molar-refractivity contribution is 0.834. The van der Waals surface area contributed by atoms with Crippen LogP contribution in [-0.4, -0.2) is 46.6 Å². The minimum absolute atomic E-state index is 0.627. The van der Waals surface area contributed by atoms with E-state index in [4.69, 9.17) is 4.98 Å².